The van der Waals surface area contributed by atoms with E-state index in [-0.39, 0.29) is 17.6 Å². The van der Waals surface area contributed by atoms with Crippen LogP contribution >= 0.6 is 0 Å². The molecule has 0 aliphatic carbocycles. The van der Waals surface area contributed by atoms with Crippen LogP contribution in [0.5, 0.6) is 5.75 Å². The van der Waals surface area contributed by atoms with Crippen LogP contribution in [-0.2, 0) is 4.74 Å². The van der Waals surface area contributed by atoms with Gasteiger partial charge < -0.3 is 25.5 Å². The van der Waals surface area contributed by atoms with Crippen LogP contribution in [0.1, 0.15) is 12.5 Å². The fourth-order valence-corrected chi connectivity index (χ4v) is 3.08. The van der Waals surface area contributed by atoms with E-state index in [0.717, 1.165) is 18.6 Å². The lowest BCUT2D eigenvalue weighted by atomic mass is 10.1. The number of rotatable bonds is 7. The third-order valence-corrected chi connectivity index (χ3v) is 4.52. The number of hydrogen-bond acceptors (Lipinski definition) is 6. The lowest BCUT2D eigenvalue weighted by molar-refractivity contribution is -0.0498. The number of aromatic nitrogens is 1. The van der Waals surface area contributed by atoms with E-state index >= 15 is 0 Å². The lowest BCUT2D eigenvalue weighted by Gasteiger charge is -2.34. The quantitative estimate of drug-likeness (QED) is 0.532. The van der Waals surface area contributed by atoms with Crippen LogP contribution in [0.2, 0.25) is 0 Å². The number of aliphatic imine (C=N–C) groups is 1. The molecule has 1 aliphatic heterocycles. The predicted molar refractivity (Wildman–Crippen MR) is 113 cm³/mol. The smallest absolute Gasteiger partial charge is 0.387 e. The molecule has 1 atom stereocenters. The standard InChI is InChI=1S/C21H23F2N5O2/c1-14-13-29-9-8-28(14)20-11-17(6-7-26-20)27-19(25)10-16(12-24)15-2-4-18(5-3-15)30-21(22)23/h2-7,10-12,14,21,24H,8-9,13H2,1H3,(H2,25,26,27)/b16-10+,24-12?. The Hall–Kier alpha value is -3.33. The number of anilines is 1. The van der Waals surface area contributed by atoms with Gasteiger partial charge >= 0.3 is 6.61 Å². The Morgan fingerprint density at radius 3 is 2.80 bits per heavy atom. The van der Waals surface area contributed by atoms with E-state index in [9.17, 15) is 8.78 Å². The SMILES string of the molecule is CC1COCCN1c1cc(N=C(N)/C=C(\C=N)c2ccc(OC(F)F)cc2)ccn1. The molecular weight excluding hydrogens is 392 g/mol. The zero-order chi connectivity index (χ0) is 21.5. The summed E-state index contributed by atoms with van der Waals surface area (Å²) in [7, 11) is 0. The minimum atomic E-state index is -2.89. The fraction of sp³-hybridized carbons (Fsp3) is 0.286. The number of allylic oxidation sites excluding steroid dienone is 1. The van der Waals surface area contributed by atoms with Gasteiger partial charge in [-0.05, 0) is 36.8 Å². The molecule has 1 fully saturated rings. The average molecular weight is 415 g/mol. The van der Waals surface area contributed by atoms with Gasteiger partial charge in [0.2, 0.25) is 0 Å². The van der Waals surface area contributed by atoms with Gasteiger partial charge in [0.05, 0.1) is 24.9 Å². The van der Waals surface area contributed by atoms with Crippen LogP contribution in [0.4, 0.5) is 20.3 Å². The second-order valence-electron chi connectivity index (χ2n) is 6.67. The number of hydrogen-bond donors (Lipinski definition) is 2. The molecule has 30 heavy (non-hydrogen) atoms. The van der Waals surface area contributed by atoms with Crippen molar-refractivity contribution < 1.29 is 18.3 Å². The van der Waals surface area contributed by atoms with E-state index in [2.05, 4.69) is 26.5 Å². The molecule has 0 saturated carbocycles. The molecule has 9 heteroatoms. The number of nitrogens with zero attached hydrogens (tertiary/aromatic N) is 3. The molecule has 0 spiro atoms. The van der Waals surface area contributed by atoms with E-state index in [4.69, 9.17) is 15.9 Å². The molecule has 1 aliphatic rings. The van der Waals surface area contributed by atoms with Crippen molar-refractivity contribution in [1.29, 1.82) is 5.41 Å². The van der Waals surface area contributed by atoms with Gasteiger partial charge in [0.1, 0.15) is 17.4 Å². The Balaban J connectivity index is 1.79. The number of halogens is 2. The summed E-state index contributed by atoms with van der Waals surface area (Å²) < 4.78 is 34.4. The number of morpholine rings is 1. The first-order valence-electron chi connectivity index (χ1n) is 9.38. The van der Waals surface area contributed by atoms with Crippen LogP contribution < -0.4 is 15.4 Å². The van der Waals surface area contributed by atoms with Gasteiger partial charge in [-0.1, -0.05) is 12.1 Å². The van der Waals surface area contributed by atoms with Crippen LogP contribution in [0.3, 0.4) is 0 Å². The topological polar surface area (TPSA) is 96.8 Å². The number of benzene rings is 1. The molecule has 3 rings (SSSR count). The van der Waals surface area contributed by atoms with Crippen molar-refractivity contribution in [3.05, 3.63) is 54.2 Å². The van der Waals surface area contributed by atoms with Gasteiger partial charge in [-0.25, -0.2) is 9.98 Å². The zero-order valence-corrected chi connectivity index (χ0v) is 16.5. The molecule has 158 valence electrons. The van der Waals surface area contributed by atoms with Crippen LogP contribution in [0.25, 0.3) is 5.57 Å². The van der Waals surface area contributed by atoms with E-state index < -0.39 is 6.61 Å². The summed E-state index contributed by atoms with van der Waals surface area (Å²) in [6.45, 7) is 1.22. The molecule has 1 saturated heterocycles. The Morgan fingerprint density at radius 1 is 1.37 bits per heavy atom. The van der Waals surface area contributed by atoms with Gasteiger partial charge in [0.15, 0.2) is 0 Å². The minimum absolute atomic E-state index is 0.0429. The van der Waals surface area contributed by atoms with Crippen LogP contribution in [-0.4, -0.2) is 49.4 Å². The van der Waals surface area contributed by atoms with E-state index in [1.165, 1.54) is 12.1 Å². The monoisotopic (exact) mass is 415 g/mol. The molecular formula is C21H23F2N5O2. The molecule has 3 N–H and O–H groups in total. The number of alkyl halides is 2. The zero-order valence-electron chi connectivity index (χ0n) is 16.5. The Morgan fingerprint density at radius 2 is 2.13 bits per heavy atom. The molecule has 2 aromatic rings. The van der Waals surface area contributed by atoms with Gasteiger partial charge in [-0.2, -0.15) is 8.78 Å². The van der Waals surface area contributed by atoms with Crippen molar-refractivity contribution in [2.24, 2.45) is 10.7 Å². The third kappa shape index (κ3) is 5.60. The third-order valence-electron chi connectivity index (χ3n) is 4.52. The number of ether oxygens (including phenoxy) is 2. The molecule has 0 bridgehead atoms. The average Bonchev–Trinajstić information content (AvgIpc) is 2.73. The van der Waals surface area contributed by atoms with Gasteiger partial charge in [-0.3, -0.25) is 0 Å². The molecule has 7 nitrogen and oxygen atoms in total. The number of nitrogens with one attached hydrogen (secondary N) is 1. The highest BCUT2D eigenvalue weighted by Gasteiger charge is 2.20. The summed E-state index contributed by atoms with van der Waals surface area (Å²) in [4.78, 5) is 11.0. The predicted octanol–water partition coefficient (Wildman–Crippen LogP) is 3.63. The second kappa shape index (κ2) is 9.93. The highest BCUT2D eigenvalue weighted by atomic mass is 19.3. The van der Waals surface area contributed by atoms with Crippen molar-refractivity contribution in [2.75, 3.05) is 24.7 Å². The minimum Gasteiger partial charge on any atom is -0.435 e. The normalized spacial score (nSPS) is 17.9. The van der Waals surface area contributed by atoms with Crippen molar-refractivity contribution in [3.8, 4) is 5.75 Å². The molecule has 1 aromatic carbocycles. The van der Waals surface area contributed by atoms with Gasteiger partial charge in [0, 0.05) is 30.6 Å². The maximum Gasteiger partial charge on any atom is 0.387 e. The second-order valence-corrected chi connectivity index (χ2v) is 6.67. The van der Waals surface area contributed by atoms with Crippen molar-refractivity contribution in [3.63, 3.8) is 0 Å². The maximum absolute atomic E-state index is 12.3. The highest BCUT2D eigenvalue weighted by Crippen LogP contribution is 2.23. The largest absolute Gasteiger partial charge is 0.435 e. The summed E-state index contributed by atoms with van der Waals surface area (Å²) in [5.41, 5.74) is 7.81. The van der Waals surface area contributed by atoms with Crippen molar-refractivity contribution in [1.82, 2.24) is 4.98 Å². The Labute approximate surface area is 173 Å². The van der Waals surface area contributed by atoms with Crippen LogP contribution in [0, 0.1) is 5.41 Å². The summed E-state index contributed by atoms with van der Waals surface area (Å²) >= 11 is 0. The van der Waals surface area contributed by atoms with E-state index in [1.54, 1.807) is 30.5 Å². The molecule has 0 amide bonds. The summed E-state index contributed by atoms with van der Waals surface area (Å²) in [6.07, 6.45) is 4.35. The van der Waals surface area contributed by atoms with E-state index in [1.807, 2.05) is 6.07 Å². The highest BCUT2D eigenvalue weighted by molar-refractivity contribution is 6.16. The van der Waals surface area contributed by atoms with E-state index in [0.29, 0.717) is 30.0 Å². The lowest BCUT2D eigenvalue weighted by Crippen LogP contribution is -2.44. The van der Waals surface area contributed by atoms with Crippen molar-refractivity contribution in [2.45, 2.75) is 19.6 Å². The summed E-state index contributed by atoms with van der Waals surface area (Å²) in [6, 6.07) is 9.77. The molecule has 0 radical (unpaired) electrons. The molecule has 1 aromatic heterocycles. The van der Waals surface area contributed by atoms with Gasteiger partial charge in [0.25, 0.3) is 0 Å². The number of pyridine rings is 1. The first kappa shape index (κ1) is 21.4. The van der Waals surface area contributed by atoms with Crippen molar-refractivity contribution >= 4 is 29.1 Å². The fourth-order valence-electron chi connectivity index (χ4n) is 3.08. The van der Waals surface area contributed by atoms with Gasteiger partial charge in [-0.15, -0.1) is 0 Å². The molecule has 1 unspecified atom stereocenters. The number of nitrogens with two attached hydrogens (primary N) is 1. The summed E-state index contributed by atoms with van der Waals surface area (Å²) in [5.74, 6) is 1.04. The van der Waals surface area contributed by atoms with Crippen LogP contribution in [0.15, 0.2) is 53.7 Å². The number of amidine groups is 1. The first-order chi connectivity index (χ1) is 14.5. The maximum atomic E-state index is 12.3. The Kier molecular flexibility index (Phi) is 7.08. The first-order valence-corrected chi connectivity index (χ1v) is 9.38. The summed E-state index contributed by atoms with van der Waals surface area (Å²) in [5, 5.41) is 7.64. The Bertz CT molecular complexity index is 931. The molecule has 2 heterocycles.